The van der Waals surface area contributed by atoms with Crippen LogP contribution in [0.4, 0.5) is 0 Å². The first kappa shape index (κ1) is 14.8. The standard InChI is InChI=1S/C14H25NO4/c1-13(2)6-5-7-14(3,4)15(13)19-10-12(16)18-9-11-8-17-11/h11H,5-10H2,1-4H3. The van der Waals surface area contributed by atoms with Crippen LogP contribution in [0.3, 0.4) is 0 Å². The molecule has 2 aliphatic heterocycles. The maximum absolute atomic E-state index is 11.6. The van der Waals surface area contributed by atoms with Gasteiger partial charge in [-0.05, 0) is 47.0 Å². The summed E-state index contributed by atoms with van der Waals surface area (Å²) in [5.41, 5.74) is -0.108. The van der Waals surface area contributed by atoms with E-state index < -0.39 is 0 Å². The molecule has 0 radical (unpaired) electrons. The van der Waals surface area contributed by atoms with Gasteiger partial charge < -0.3 is 9.47 Å². The van der Waals surface area contributed by atoms with Crippen LogP contribution in [0, 0.1) is 0 Å². The van der Waals surface area contributed by atoms with Crippen LogP contribution in [-0.2, 0) is 19.1 Å². The SMILES string of the molecule is CC1(C)CCCC(C)(C)N1OCC(=O)OCC1CO1. The highest BCUT2D eigenvalue weighted by atomic mass is 16.7. The molecule has 5 heteroatoms. The molecule has 0 aromatic rings. The number of ether oxygens (including phenoxy) is 2. The Kier molecular flexibility index (Phi) is 4.18. The Bertz CT molecular complexity index is 320. The van der Waals surface area contributed by atoms with Crippen molar-refractivity contribution in [2.45, 2.75) is 64.1 Å². The summed E-state index contributed by atoms with van der Waals surface area (Å²) >= 11 is 0. The van der Waals surface area contributed by atoms with Gasteiger partial charge >= 0.3 is 5.97 Å². The summed E-state index contributed by atoms with van der Waals surface area (Å²) in [6.45, 7) is 9.61. The van der Waals surface area contributed by atoms with Crippen LogP contribution >= 0.6 is 0 Å². The molecular formula is C14H25NO4. The molecule has 0 aromatic carbocycles. The molecule has 1 atom stereocenters. The van der Waals surface area contributed by atoms with Crippen LogP contribution < -0.4 is 0 Å². The van der Waals surface area contributed by atoms with Crippen molar-refractivity contribution in [3.63, 3.8) is 0 Å². The Balaban J connectivity index is 1.82. The van der Waals surface area contributed by atoms with Gasteiger partial charge in [0.15, 0.2) is 6.61 Å². The molecule has 0 N–H and O–H groups in total. The third kappa shape index (κ3) is 3.91. The van der Waals surface area contributed by atoms with Crippen LogP contribution in [-0.4, -0.2) is 48.0 Å². The van der Waals surface area contributed by atoms with E-state index in [4.69, 9.17) is 14.3 Å². The fourth-order valence-corrected chi connectivity index (χ4v) is 2.83. The minimum atomic E-state index is -0.326. The van der Waals surface area contributed by atoms with Crippen LogP contribution in [0.15, 0.2) is 0 Å². The average Bonchev–Trinajstić information content (AvgIpc) is 3.07. The Morgan fingerprint density at radius 3 is 2.37 bits per heavy atom. The molecule has 2 aliphatic rings. The van der Waals surface area contributed by atoms with Crippen LogP contribution in [0.1, 0.15) is 47.0 Å². The van der Waals surface area contributed by atoms with E-state index in [2.05, 4.69) is 27.7 Å². The predicted molar refractivity (Wildman–Crippen MR) is 70.5 cm³/mol. The fourth-order valence-electron chi connectivity index (χ4n) is 2.83. The van der Waals surface area contributed by atoms with Gasteiger partial charge in [0, 0.05) is 11.1 Å². The van der Waals surface area contributed by atoms with Crippen molar-refractivity contribution in [3.8, 4) is 0 Å². The predicted octanol–water partition coefficient (Wildman–Crippen LogP) is 1.90. The number of epoxide rings is 1. The van der Waals surface area contributed by atoms with Crippen molar-refractivity contribution >= 4 is 5.97 Å². The van der Waals surface area contributed by atoms with Gasteiger partial charge in [-0.2, -0.15) is 5.06 Å². The van der Waals surface area contributed by atoms with E-state index in [9.17, 15) is 4.79 Å². The van der Waals surface area contributed by atoms with Gasteiger partial charge in [0.2, 0.25) is 0 Å². The molecule has 0 aliphatic carbocycles. The zero-order chi connectivity index (χ0) is 14.1. The molecule has 19 heavy (non-hydrogen) atoms. The summed E-state index contributed by atoms with van der Waals surface area (Å²) in [6, 6.07) is 0. The molecule has 0 spiro atoms. The first-order valence-corrected chi connectivity index (χ1v) is 7.02. The van der Waals surface area contributed by atoms with Crippen molar-refractivity contribution in [3.05, 3.63) is 0 Å². The number of rotatable bonds is 5. The van der Waals surface area contributed by atoms with E-state index in [1.54, 1.807) is 0 Å². The summed E-state index contributed by atoms with van der Waals surface area (Å²) in [4.78, 5) is 17.4. The third-order valence-electron chi connectivity index (χ3n) is 3.82. The highest BCUT2D eigenvalue weighted by molar-refractivity contribution is 5.70. The second-order valence-electron chi connectivity index (χ2n) is 6.68. The normalized spacial score (nSPS) is 28.9. The first-order valence-electron chi connectivity index (χ1n) is 7.02. The van der Waals surface area contributed by atoms with E-state index in [0.717, 1.165) is 12.8 Å². The lowest BCUT2D eigenvalue weighted by molar-refractivity contribution is -0.280. The van der Waals surface area contributed by atoms with Crippen LogP contribution in [0.5, 0.6) is 0 Å². The van der Waals surface area contributed by atoms with Gasteiger partial charge in [-0.25, -0.2) is 4.79 Å². The maximum Gasteiger partial charge on any atom is 0.334 e. The molecule has 2 heterocycles. The van der Waals surface area contributed by atoms with Crippen molar-refractivity contribution in [1.29, 1.82) is 0 Å². The van der Waals surface area contributed by atoms with E-state index in [0.29, 0.717) is 13.2 Å². The topological polar surface area (TPSA) is 51.3 Å². The fraction of sp³-hybridized carbons (Fsp3) is 0.929. The zero-order valence-corrected chi connectivity index (χ0v) is 12.4. The highest BCUT2D eigenvalue weighted by Gasteiger charge is 2.42. The number of hydrogen-bond donors (Lipinski definition) is 0. The van der Waals surface area contributed by atoms with Crippen molar-refractivity contribution in [1.82, 2.24) is 5.06 Å². The minimum Gasteiger partial charge on any atom is -0.461 e. The summed E-state index contributed by atoms with van der Waals surface area (Å²) < 4.78 is 10.1. The van der Waals surface area contributed by atoms with Gasteiger partial charge in [-0.15, -0.1) is 0 Å². The van der Waals surface area contributed by atoms with Crippen molar-refractivity contribution in [2.75, 3.05) is 19.8 Å². The Morgan fingerprint density at radius 2 is 1.84 bits per heavy atom. The second-order valence-corrected chi connectivity index (χ2v) is 6.68. The molecular weight excluding hydrogens is 246 g/mol. The Morgan fingerprint density at radius 1 is 1.26 bits per heavy atom. The molecule has 110 valence electrons. The molecule has 0 saturated carbocycles. The average molecular weight is 271 g/mol. The number of nitrogens with zero attached hydrogens (tertiary/aromatic N) is 1. The van der Waals surface area contributed by atoms with Gasteiger partial charge in [0.25, 0.3) is 0 Å². The quantitative estimate of drug-likeness (QED) is 0.564. The number of piperidine rings is 1. The van der Waals surface area contributed by atoms with Gasteiger partial charge in [0.1, 0.15) is 12.7 Å². The maximum atomic E-state index is 11.6. The smallest absolute Gasteiger partial charge is 0.334 e. The first-order chi connectivity index (χ1) is 8.81. The van der Waals surface area contributed by atoms with E-state index in [-0.39, 0.29) is 29.8 Å². The monoisotopic (exact) mass is 271 g/mol. The second kappa shape index (κ2) is 5.38. The largest absolute Gasteiger partial charge is 0.461 e. The molecule has 2 fully saturated rings. The Hall–Kier alpha value is -0.650. The van der Waals surface area contributed by atoms with Gasteiger partial charge in [0.05, 0.1) is 6.61 Å². The Labute approximate surface area is 115 Å². The molecule has 0 amide bonds. The summed E-state index contributed by atoms with van der Waals surface area (Å²) in [5.74, 6) is -0.326. The number of hydroxylamine groups is 2. The van der Waals surface area contributed by atoms with Crippen LogP contribution in [0.2, 0.25) is 0 Å². The summed E-state index contributed by atoms with van der Waals surface area (Å²) in [6.07, 6.45) is 3.43. The lowest BCUT2D eigenvalue weighted by Gasteiger charge is -2.51. The lowest BCUT2D eigenvalue weighted by atomic mass is 9.82. The molecule has 0 aromatic heterocycles. The summed E-state index contributed by atoms with van der Waals surface area (Å²) in [5, 5.41) is 1.97. The van der Waals surface area contributed by atoms with Crippen LogP contribution in [0.25, 0.3) is 0 Å². The lowest BCUT2D eigenvalue weighted by Crippen LogP contribution is -2.58. The third-order valence-corrected chi connectivity index (χ3v) is 3.82. The van der Waals surface area contributed by atoms with E-state index in [1.165, 1.54) is 6.42 Å². The molecule has 5 nitrogen and oxygen atoms in total. The van der Waals surface area contributed by atoms with Gasteiger partial charge in [-0.3, -0.25) is 4.84 Å². The zero-order valence-electron chi connectivity index (χ0n) is 12.4. The van der Waals surface area contributed by atoms with Gasteiger partial charge in [-0.1, -0.05) is 0 Å². The van der Waals surface area contributed by atoms with E-state index >= 15 is 0 Å². The number of carbonyl (C=O) groups excluding carboxylic acids is 1. The van der Waals surface area contributed by atoms with E-state index in [1.807, 2.05) is 5.06 Å². The number of hydrogen-bond acceptors (Lipinski definition) is 5. The minimum absolute atomic E-state index is 0.0282. The molecule has 2 saturated heterocycles. The number of esters is 1. The molecule has 2 rings (SSSR count). The molecule has 0 bridgehead atoms. The van der Waals surface area contributed by atoms with Crippen molar-refractivity contribution in [2.24, 2.45) is 0 Å². The number of carbonyl (C=O) groups is 1. The summed E-state index contributed by atoms with van der Waals surface area (Å²) in [7, 11) is 0. The highest BCUT2D eigenvalue weighted by Crippen LogP contribution is 2.38. The van der Waals surface area contributed by atoms with Crippen molar-refractivity contribution < 1.29 is 19.1 Å². The molecule has 1 unspecified atom stereocenters.